The van der Waals surface area contributed by atoms with Gasteiger partial charge in [-0.1, -0.05) is 6.07 Å². The normalized spacial score (nSPS) is 10.2. The van der Waals surface area contributed by atoms with Crippen LogP contribution in [0.5, 0.6) is 0 Å². The van der Waals surface area contributed by atoms with Crippen LogP contribution in [0.1, 0.15) is 28.2 Å². The first-order valence-electron chi connectivity index (χ1n) is 7.21. The maximum absolute atomic E-state index is 11.8. The van der Waals surface area contributed by atoms with Crippen molar-refractivity contribution in [3.05, 3.63) is 33.5 Å². The second-order valence-corrected chi connectivity index (χ2v) is 6.59. The number of nitrogens with zero attached hydrogens (tertiary/aromatic N) is 1. The number of amides is 2. The zero-order chi connectivity index (χ0) is 17.4. The first kappa shape index (κ1) is 18.1. The number of hydrogen-bond donors (Lipinski definition) is 2. The molecule has 0 aliphatic carbocycles. The SMILES string of the molecule is COC(=O)Cc1csc(NC(=O)CCCNC(=O)c2cccs2)n1. The van der Waals surface area contributed by atoms with E-state index in [1.165, 1.54) is 29.8 Å². The molecule has 2 amide bonds. The molecular weight excluding hydrogens is 350 g/mol. The topological polar surface area (TPSA) is 97.4 Å². The number of hydrogen-bond acceptors (Lipinski definition) is 7. The molecule has 7 nitrogen and oxygen atoms in total. The molecule has 128 valence electrons. The summed E-state index contributed by atoms with van der Waals surface area (Å²) in [5.74, 6) is -0.684. The number of ether oxygens (including phenoxy) is 1. The van der Waals surface area contributed by atoms with Crippen molar-refractivity contribution in [3.8, 4) is 0 Å². The van der Waals surface area contributed by atoms with Crippen LogP contribution in [0.15, 0.2) is 22.9 Å². The predicted octanol–water partition coefficient (Wildman–Crippen LogP) is 2.07. The van der Waals surface area contributed by atoms with E-state index < -0.39 is 0 Å². The van der Waals surface area contributed by atoms with Gasteiger partial charge in [-0.25, -0.2) is 4.98 Å². The zero-order valence-electron chi connectivity index (χ0n) is 13.0. The van der Waals surface area contributed by atoms with E-state index in [-0.39, 0.29) is 30.6 Å². The van der Waals surface area contributed by atoms with Crippen molar-refractivity contribution < 1.29 is 19.1 Å². The Balaban J connectivity index is 1.66. The van der Waals surface area contributed by atoms with E-state index in [2.05, 4.69) is 20.4 Å². The van der Waals surface area contributed by atoms with Crippen LogP contribution in [-0.2, 0) is 20.7 Å². The summed E-state index contributed by atoms with van der Waals surface area (Å²) in [6.45, 7) is 0.426. The van der Waals surface area contributed by atoms with Gasteiger partial charge in [0.05, 0.1) is 24.1 Å². The van der Waals surface area contributed by atoms with Crippen molar-refractivity contribution in [3.63, 3.8) is 0 Å². The van der Waals surface area contributed by atoms with Crippen LogP contribution in [-0.4, -0.2) is 36.4 Å². The Labute approximate surface area is 147 Å². The molecule has 0 spiro atoms. The minimum atomic E-state index is -0.375. The first-order chi connectivity index (χ1) is 11.6. The first-order valence-corrected chi connectivity index (χ1v) is 8.97. The molecule has 2 rings (SSSR count). The lowest BCUT2D eigenvalue weighted by atomic mass is 10.3. The van der Waals surface area contributed by atoms with Gasteiger partial charge in [0.25, 0.3) is 5.91 Å². The number of thiophene rings is 1. The molecular formula is C15H17N3O4S2. The molecule has 0 saturated heterocycles. The Morgan fingerprint density at radius 1 is 1.29 bits per heavy atom. The molecule has 0 aliphatic heterocycles. The molecule has 2 heterocycles. The quantitative estimate of drug-likeness (QED) is 0.550. The molecule has 2 aromatic heterocycles. The van der Waals surface area contributed by atoms with E-state index in [1.54, 1.807) is 11.4 Å². The largest absolute Gasteiger partial charge is 0.469 e. The number of aromatic nitrogens is 1. The standard InChI is InChI=1S/C15H17N3O4S2/c1-22-13(20)8-10-9-24-15(17-10)18-12(19)5-2-6-16-14(21)11-4-3-7-23-11/h3-4,7,9H,2,5-6,8H2,1H3,(H,16,21)(H,17,18,19). The third kappa shape index (κ3) is 5.74. The molecule has 0 bridgehead atoms. The Morgan fingerprint density at radius 2 is 2.12 bits per heavy atom. The average Bonchev–Trinajstić information content (AvgIpc) is 3.23. The van der Waals surface area contributed by atoms with E-state index in [9.17, 15) is 14.4 Å². The summed E-state index contributed by atoms with van der Waals surface area (Å²) in [4.78, 5) is 39.5. The average molecular weight is 367 g/mol. The number of esters is 1. The number of anilines is 1. The summed E-state index contributed by atoms with van der Waals surface area (Å²) in [6, 6.07) is 3.57. The summed E-state index contributed by atoms with van der Waals surface area (Å²) in [7, 11) is 1.31. The summed E-state index contributed by atoms with van der Waals surface area (Å²) in [5, 5.41) is 9.42. The van der Waals surface area contributed by atoms with Crippen LogP contribution in [0.25, 0.3) is 0 Å². The zero-order valence-corrected chi connectivity index (χ0v) is 14.7. The van der Waals surface area contributed by atoms with E-state index in [4.69, 9.17) is 0 Å². The van der Waals surface area contributed by atoms with E-state index >= 15 is 0 Å². The molecule has 0 saturated carbocycles. The molecule has 0 unspecified atom stereocenters. The van der Waals surface area contributed by atoms with Gasteiger partial charge in [-0.15, -0.1) is 22.7 Å². The minimum Gasteiger partial charge on any atom is -0.469 e. The van der Waals surface area contributed by atoms with Gasteiger partial charge < -0.3 is 15.4 Å². The van der Waals surface area contributed by atoms with E-state index in [0.29, 0.717) is 28.7 Å². The van der Waals surface area contributed by atoms with Gasteiger partial charge in [0.15, 0.2) is 5.13 Å². The van der Waals surface area contributed by atoms with Gasteiger partial charge in [-0.2, -0.15) is 0 Å². The van der Waals surface area contributed by atoms with Crippen molar-refractivity contribution in [2.24, 2.45) is 0 Å². The number of rotatable bonds is 8. The Bertz CT molecular complexity index is 697. The second kappa shape index (κ2) is 9.14. The monoisotopic (exact) mass is 367 g/mol. The van der Waals surface area contributed by atoms with Crippen LogP contribution >= 0.6 is 22.7 Å². The van der Waals surface area contributed by atoms with Crippen LogP contribution < -0.4 is 10.6 Å². The highest BCUT2D eigenvalue weighted by Crippen LogP contribution is 2.16. The molecule has 0 atom stereocenters. The number of carbonyl (C=O) groups excluding carboxylic acids is 3. The summed E-state index contributed by atoms with van der Waals surface area (Å²) >= 11 is 2.63. The number of nitrogens with one attached hydrogen (secondary N) is 2. The second-order valence-electron chi connectivity index (χ2n) is 4.78. The van der Waals surface area contributed by atoms with Crippen molar-refractivity contribution in [2.75, 3.05) is 19.0 Å². The van der Waals surface area contributed by atoms with Crippen LogP contribution in [0.3, 0.4) is 0 Å². The molecule has 0 aromatic carbocycles. The van der Waals surface area contributed by atoms with Gasteiger partial charge in [-0.3, -0.25) is 14.4 Å². The maximum atomic E-state index is 11.8. The minimum absolute atomic E-state index is 0.0810. The van der Waals surface area contributed by atoms with Gasteiger partial charge in [0.2, 0.25) is 5.91 Å². The predicted molar refractivity (Wildman–Crippen MR) is 92.3 cm³/mol. The molecule has 2 N–H and O–H groups in total. The fourth-order valence-corrected chi connectivity index (χ4v) is 3.16. The van der Waals surface area contributed by atoms with Crippen LogP contribution in [0.2, 0.25) is 0 Å². The third-order valence-electron chi connectivity index (χ3n) is 2.96. The highest BCUT2D eigenvalue weighted by atomic mass is 32.1. The van der Waals surface area contributed by atoms with E-state index in [0.717, 1.165) is 0 Å². The Kier molecular flexibility index (Phi) is 6.89. The summed E-state index contributed by atoms with van der Waals surface area (Å²) in [5.41, 5.74) is 0.561. The van der Waals surface area contributed by atoms with Crippen molar-refractivity contribution in [2.45, 2.75) is 19.3 Å². The Hall–Kier alpha value is -2.26. The lowest BCUT2D eigenvalue weighted by Crippen LogP contribution is -2.24. The Morgan fingerprint density at radius 3 is 2.83 bits per heavy atom. The number of thiazole rings is 1. The van der Waals surface area contributed by atoms with E-state index in [1.807, 2.05) is 11.4 Å². The highest BCUT2D eigenvalue weighted by Gasteiger charge is 2.10. The fourth-order valence-electron chi connectivity index (χ4n) is 1.79. The van der Waals surface area contributed by atoms with Crippen molar-refractivity contribution in [1.82, 2.24) is 10.3 Å². The van der Waals surface area contributed by atoms with Gasteiger partial charge in [0, 0.05) is 18.3 Å². The van der Waals surface area contributed by atoms with Crippen molar-refractivity contribution >= 4 is 45.6 Å². The van der Waals surface area contributed by atoms with Crippen LogP contribution in [0, 0.1) is 0 Å². The van der Waals surface area contributed by atoms with Crippen molar-refractivity contribution in [1.29, 1.82) is 0 Å². The number of carbonyl (C=O) groups is 3. The van der Waals surface area contributed by atoms with Gasteiger partial charge in [-0.05, 0) is 17.9 Å². The van der Waals surface area contributed by atoms with Crippen LogP contribution in [0.4, 0.5) is 5.13 Å². The third-order valence-corrected chi connectivity index (χ3v) is 4.64. The lowest BCUT2D eigenvalue weighted by Gasteiger charge is -2.04. The molecule has 0 radical (unpaired) electrons. The highest BCUT2D eigenvalue weighted by molar-refractivity contribution is 7.14. The maximum Gasteiger partial charge on any atom is 0.311 e. The summed E-state index contributed by atoms with van der Waals surface area (Å²) < 4.78 is 4.56. The molecule has 2 aromatic rings. The molecule has 0 fully saturated rings. The lowest BCUT2D eigenvalue weighted by molar-refractivity contribution is -0.139. The number of methoxy groups -OCH3 is 1. The fraction of sp³-hybridized carbons (Fsp3) is 0.333. The molecule has 24 heavy (non-hydrogen) atoms. The van der Waals surface area contributed by atoms with Gasteiger partial charge in [0.1, 0.15) is 0 Å². The molecule has 9 heteroatoms. The molecule has 0 aliphatic rings. The smallest absolute Gasteiger partial charge is 0.311 e. The van der Waals surface area contributed by atoms with Gasteiger partial charge >= 0.3 is 5.97 Å². The summed E-state index contributed by atoms with van der Waals surface area (Å²) in [6.07, 6.45) is 0.887.